The van der Waals surface area contributed by atoms with Gasteiger partial charge in [-0.05, 0) is 17.0 Å². The van der Waals surface area contributed by atoms with Gasteiger partial charge >= 0.3 is 393 Å². The van der Waals surface area contributed by atoms with E-state index in [0.717, 1.165) is 38.3 Å². The molecule has 13 aromatic rings. The predicted molar refractivity (Wildman–Crippen MR) is 291 cm³/mol. The van der Waals surface area contributed by atoms with Gasteiger partial charge in [0.15, 0.2) is 0 Å². The number of para-hydroxylation sites is 5. The van der Waals surface area contributed by atoms with Crippen LogP contribution < -0.4 is 4.74 Å². The normalized spacial score (nSPS) is 13.8. The fraction of sp³-hybridized carbons (Fsp3) is 0.0615. The summed E-state index contributed by atoms with van der Waals surface area (Å²) in [6.07, 6.45) is 1.79. The number of ether oxygens (including phenoxy) is 1. The molecule has 0 unspecified atom stereocenters. The summed E-state index contributed by atoms with van der Waals surface area (Å²) in [6.45, 7) is 6.42. The van der Waals surface area contributed by atoms with Crippen LogP contribution in [0.25, 0.3) is 99.8 Å². The maximum atomic E-state index is 10.8. The number of hydrogen-bond acceptors (Lipinski definition) is 3. The first-order chi connectivity index (χ1) is 39.9. The first-order valence-electron chi connectivity index (χ1n) is 28.4. The summed E-state index contributed by atoms with van der Waals surface area (Å²) < 4.78 is 106. The standard InChI is InChI=1S/C65H44N6O.Pt/c1-65(2,3)46-33-34-67-62(36-46)71-58-30-15-12-27-53(58)63-45(41-66)35-50(40-61(63)71)72-49-24-18-23-47(37-49)68-42-69(60-32-17-16-31-59(60)68)64-54(43-19-6-4-7-20-43)38-48(39-55(64)44-21-8-5-9-22-44)70-56-28-13-10-25-51(56)52-26-11-14-29-57(52)70;/h4-36,38-39H,1-3H3;/q-2;/i4D,5D,6D,7D,8D,9D,19D,20D,21D,22D;. The van der Waals surface area contributed by atoms with Gasteiger partial charge in [-0.2, -0.15) is 0 Å². The summed E-state index contributed by atoms with van der Waals surface area (Å²) in [4.78, 5) is 4.81. The molecule has 0 N–H and O–H groups in total. The Kier molecular flexibility index (Phi) is 8.26. The topological polar surface area (TPSA) is 65.6 Å². The minimum absolute atomic E-state index is 0.118. The van der Waals surface area contributed by atoms with E-state index in [9.17, 15) is 10.7 Å². The molecule has 0 radical (unpaired) electrons. The zero-order valence-electron chi connectivity index (χ0n) is 49.3. The Morgan fingerprint density at radius 1 is 0.575 bits per heavy atom. The molecule has 0 saturated carbocycles. The van der Waals surface area contributed by atoms with E-state index in [2.05, 4.69) is 58.3 Å². The van der Waals surface area contributed by atoms with Gasteiger partial charge < -0.3 is 0 Å². The van der Waals surface area contributed by atoms with E-state index in [0.29, 0.717) is 48.5 Å². The van der Waals surface area contributed by atoms with Crippen LogP contribution in [-0.4, -0.2) is 23.3 Å². The molecule has 7 nitrogen and oxygen atoms in total. The Balaban J connectivity index is 1.08. The van der Waals surface area contributed by atoms with Gasteiger partial charge in [-0.3, -0.25) is 0 Å². The molecular weight excluding hydrogens is 1080 g/mol. The van der Waals surface area contributed by atoms with Crippen LogP contribution in [0.3, 0.4) is 0 Å². The zero-order valence-corrected chi connectivity index (χ0v) is 41.6. The van der Waals surface area contributed by atoms with Gasteiger partial charge in [-0.1, -0.05) is 32.9 Å². The molecule has 0 saturated heterocycles. The van der Waals surface area contributed by atoms with E-state index in [1.807, 2.05) is 134 Å². The summed E-state index contributed by atoms with van der Waals surface area (Å²) >= 11 is 2.15. The van der Waals surface area contributed by atoms with Gasteiger partial charge in [-0.25, -0.2) is 0 Å². The van der Waals surface area contributed by atoms with Crippen LogP contribution in [0, 0.1) is 27.3 Å². The number of nitrogens with zero attached hydrogens (tertiary/aromatic N) is 6. The number of hydrogen-bond donors (Lipinski definition) is 0. The van der Waals surface area contributed by atoms with Crippen LogP contribution in [0.4, 0.5) is 0 Å². The average Bonchev–Trinajstić information content (AvgIpc) is 2.87. The third-order valence-corrected chi connectivity index (χ3v) is 14.3. The molecule has 0 aliphatic rings. The summed E-state index contributed by atoms with van der Waals surface area (Å²) in [7, 11) is 0. The van der Waals surface area contributed by atoms with Gasteiger partial charge in [0.1, 0.15) is 0 Å². The van der Waals surface area contributed by atoms with Crippen LogP contribution in [0.2, 0.25) is 0 Å². The number of fused-ring (bicyclic) bond motifs is 7. The van der Waals surface area contributed by atoms with Crippen molar-refractivity contribution < 1.29 is 37.8 Å². The monoisotopic (exact) mass is 1130 g/mol. The molecule has 8 heteroatoms. The molecule has 0 atom stereocenters. The van der Waals surface area contributed by atoms with Crippen molar-refractivity contribution in [2.24, 2.45) is 0 Å². The summed E-state index contributed by atoms with van der Waals surface area (Å²) in [5.41, 5.74) is 6.37. The molecule has 0 bridgehead atoms. The van der Waals surface area contributed by atoms with Crippen molar-refractivity contribution in [2.45, 2.75) is 26.2 Å². The van der Waals surface area contributed by atoms with E-state index in [1.165, 1.54) is 0 Å². The average molecular weight is 1130 g/mol. The summed E-state index contributed by atoms with van der Waals surface area (Å²) in [5.74, 6) is 1.17. The van der Waals surface area contributed by atoms with Crippen molar-refractivity contribution in [3.05, 3.63) is 239 Å². The van der Waals surface area contributed by atoms with E-state index in [1.54, 1.807) is 36.5 Å². The first-order valence-corrected chi connectivity index (χ1v) is 24.6. The van der Waals surface area contributed by atoms with Gasteiger partial charge in [-0.15, -0.1) is 0 Å². The Labute approximate surface area is 447 Å². The van der Waals surface area contributed by atoms with Gasteiger partial charge in [0.05, 0.1) is 0 Å². The molecule has 13 rings (SSSR count). The second-order valence-corrected chi connectivity index (χ2v) is 19.6. The molecule has 4 aromatic heterocycles. The van der Waals surface area contributed by atoms with E-state index >= 15 is 0 Å². The fourth-order valence-corrected chi connectivity index (χ4v) is 11.1. The molecule has 0 spiro atoms. The Morgan fingerprint density at radius 2 is 1.14 bits per heavy atom. The Hall–Kier alpha value is -8.82. The minimum atomic E-state index is -0.599. The predicted octanol–water partition coefficient (Wildman–Crippen LogP) is 16.0. The number of pyridine rings is 1. The van der Waals surface area contributed by atoms with Crippen LogP contribution >= 0.6 is 0 Å². The maximum absolute atomic E-state index is 10.8. The van der Waals surface area contributed by atoms with Crippen molar-refractivity contribution >= 4 is 54.6 Å². The molecule has 4 heterocycles. The van der Waals surface area contributed by atoms with Gasteiger partial charge in [0, 0.05) is 6.20 Å². The van der Waals surface area contributed by atoms with Crippen LogP contribution in [0.15, 0.2) is 212 Å². The molecular formula is C65H44N6OPt-2. The van der Waals surface area contributed by atoms with Crippen molar-refractivity contribution in [3.63, 3.8) is 0 Å². The Bertz CT molecular complexity index is 4860. The van der Waals surface area contributed by atoms with Crippen LogP contribution in [0.1, 0.15) is 45.6 Å². The molecule has 352 valence electrons. The van der Waals surface area contributed by atoms with Gasteiger partial charge in [0.2, 0.25) is 0 Å². The molecule has 0 aliphatic heterocycles. The quantitative estimate of drug-likeness (QED) is 0.142. The van der Waals surface area contributed by atoms with Crippen LogP contribution in [-0.2, 0) is 24.8 Å². The molecule has 73 heavy (non-hydrogen) atoms. The third kappa shape index (κ3) is 7.37. The van der Waals surface area contributed by atoms with Crippen molar-refractivity contribution in [1.82, 2.24) is 23.3 Å². The summed E-state index contributed by atoms with van der Waals surface area (Å²) in [6, 6.07) is 49.2. The Morgan fingerprint density at radius 3 is 1.74 bits per heavy atom. The van der Waals surface area contributed by atoms with E-state index in [4.69, 9.17) is 17.9 Å². The number of nitriles is 1. The molecule has 0 fully saturated rings. The summed E-state index contributed by atoms with van der Waals surface area (Å²) in [5, 5.41) is 14.1. The van der Waals surface area contributed by atoms with E-state index < -0.39 is 60.4 Å². The SMILES string of the molecule is [2H]c1c([2H])c([2H])c(-c2cc(-n3c4ccccc4c4ccccc43)cc(-c3c([2H])c([2H])c([2H])c([2H])c3[2H])c2-n2[c](=[Pt])n(-c3[c-]c(Oc4[c-]c5c(c(C#N)c4)c4ccccc4n5-c4cc(C(C)(C)C)ccn4)ccc3)c3ccccc32)c([2H])c1[2H]. The number of rotatable bonds is 8. The number of aromatic nitrogens is 5. The van der Waals surface area contributed by atoms with E-state index in [-0.39, 0.29) is 44.9 Å². The third-order valence-electron chi connectivity index (χ3n) is 13.2. The number of benzene rings is 9. The molecule has 9 aromatic carbocycles. The second kappa shape index (κ2) is 17.5. The van der Waals surface area contributed by atoms with Gasteiger partial charge in [0.25, 0.3) is 0 Å². The van der Waals surface area contributed by atoms with Crippen LogP contribution in [0.5, 0.6) is 11.5 Å². The fourth-order valence-electron chi connectivity index (χ4n) is 10.0. The van der Waals surface area contributed by atoms with Crippen molar-refractivity contribution in [3.8, 4) is 62.7 Å². The second-order valence-electron chi connectivity index (χ2n) is 18.6. The zero-order chi connectivity index (χ0) is 58.1. The van der Waals surface area contributed by atoms with Crippen molar-refractivity contribution in [2.75, 3.05) is 0 Å². The molecule has 0 aliphatic carbocycles. The molecule has 0 amide bonds. The number of imidazole rings is 1. The first kappa shape index (κ1) is 34.5. The van der Waals surface area contributed by atoms with Crippen molar-refractivity contribution in [1.29, 1.82) is 5.26 Å².